The van der Waals surface area contributed by atoms with E-state index in [1.54, 1.807) is 0 Å². The van der Waals surface area contributed by atoms with Crippen LogP contribution in [0.1, 0.15) is 0 Å². The zero-order valence-corrected chi connectivity index (χ0v) is 3.61. The predicted molar refractivity (Wildman–Crippen MR) is 14.2 cm³/mol. The van der Waals surface area contributed by atoms with Crippen molar-refractivity contribution in [2.24, 2.45) is 0 Å². The number of aliphatic hydroxyl groups excluding tert-OH is 2. The van der Waals surface area contributed by atoms with E-state index in [4.69, 9.17) is 10.2 Å². The predicted octanol–water partition coefficient (Wildman–Crippen LogP) is -1.03. The molecule has 0 heterocycles. The van der Waals surface area contributed by atoms with E-state index in [-0.39, 0.29) is 29.7 Å². The van der Waals surface area contributed by atoms with Gasteiger partial charge in [0.05, 0.1) is 13.2 Å². The van der Waals surface area contributed by atoms with E-state index in [0.29, 0.717) is 0 Å². The number of rotatable bonds is 1. The minimum absolute atomic E-state index is 0. The smallest absolute Gasteiger partial charge is 0.394 e. The molecule has 0 spiro atoms. The molecule has 0 unspecified atom stereocenters. The summed E-state index contributed by atoms with van der Waals surface area (Å²) in [5.41, 5.74) is 0. The van der Waals surface area contributed by atoms with Crippen molar-refractivity contribution in [3.05, 3.63) is 0 Å². The first-order chi connectivity index (χ1) is 1.91. The summed E-state index contributed by atoms with van der Waals surface area (Å²) >= 11 is 0. The minimum Gasteiger partial charge on any atom is -0.394 e. The molecule has 0 aromatic heterocycles. The Bertz CT molecular complexity index is 9.61. The molecule has 3 heteroatoms. The first-order valence-corrected chi connectivity index (χ1v) is 1.13. The fourth-order valence-corrected chi connectivity index (χ4v) is 0. The maximum absolute atomic E-state index is 7.62. The number of hydrogen-bond donors (Lipinski definition) is 2. The quantitative estimate of drug-likeness (QED) is 0.435. The van der Waals surface area contributed by atoms with Crippen LogP contribution in [0.4, 0.5) is 0 Å². The Hall–Kier alpha value is 0.414. The van der Waals surface area contributed by atoms with Gasteiger partial charge in [-0.1, -0.05) is 0 Å². The zero-order valence-electron chi connectivity index (χ0n) is 2.62. The van der Waals surface area contributed by atoms with Gasteiger partial charge in [-0.25, -0.2) is 0 Å². The molecule has 0 aliphatic heterocycles. The molecule has 0 fully saturated rings. The molecule has 0 atom stereocenters. The Morgan fingerprint density at radius 3 is 1.20 bits per heavy atom. The van der Waals surface area contributed by atoms with Gasteiger partial charge in [-0.3, -0.25) is 0 Å². The van der Waals surface area contributed by atoms with Crippen LogP contribution < -0.4 is 0 Å². The summed E-state index contributed by atoms with van der Waals surface area (Å²) in [6, 6.07) is 0. The van der Waals surface area contributed by atoms with Crippen LogP contribution in [0.3, 0.4) is 0 Å². The first kappa shape index (κ1) is 9.05. The molecular formula is C2H6NiO2+2. The van der Waals surface area contributed by atoms with E-state index in [0.717, 1.165) is 0 Å². The SMILES string of the molecule is OCCO.[Ni+2]. The average molecular weight is 121 g/mol. The van der Waals surface area contributed by atoms with E-state index in [1.807, 2.05) is 0 Å². The molecule has 0 amide bonds. The van der Waals surface area contributed by atoms with Gasteiger partial charge in [0.1, 0.15) is 0 Å². The van der Waals surface area contributed by atoms with E-state index >= 15 is 0 Å². The van der Waals surface area contributed by atoms with Crippen LogP contribution in [0.15, 0.2) is 0 Å². The van der Waals surface area contributed by atoms with Gasteiger partial charge in [-0.05, 0) is 0 Å². The summed E-state index contributed by atoms with van der Waals surface area (Å²) in [5, 5.41) is 15.2. The largest absolute Gasteiger partial charge is 2.00 e. The Kier molecular flexibility index (Phi) is 16.0. The molecule has 0 aliphatic rings. The van der Waals surface area contributed by atoms with Gasteiger partial charge < -0.3 is 10.2 Å². The van der Waals surface area contributed by atoms with Gasteiger partial charge >= 0.3 is 16.5 Å². The zero-order chi connectivity index (χ0) is 3.41. The van der Waals surface area contributed by atoms with Crippen LogP contribution >= 0.6 is 0 Å². The Morgan fingerprint density at radius 2 is 1.20 bits per heavy atom. The molecule has 2 N–H and O–H groups in total. The first-order valence-electron chi connectivity index (χ1n) is 1.13. The Morgan fingerprint density at radius 1 is 1.00 bits per heavy atom. The molecule has 0 aromatic carbocycles. The van der Waals surface area contributed by atoms with Crippen LogP contribution in [-0.2, 0) is 16.5 Å². The Labute approximate surface area is 40.7 Å². The molecule has 5 heavy (non-hydrogen) atoms. The summed E-state index contributed by atoms with van der Waals surface area (Å²) in [6.07, 6.45) is 0. The summed E-state index contributed by atoms with van der Waals surface area (Å²) in [4.78, 5) is 0. The third-order valence-electron chi connectivity index (χ3n) is 0.1000. The van der Waals surface area contributed by atoms with Gasteiger partial charge in [0.2, 0.25) is 0 Å². The summed E-state index contributed by atoms with van der Waals surface area (Å²) in [5.74, 6) is 0. The van der Waals surface area contributed by atoms with Crippen molar-refractivity contribution in [1.82, 2.24) is 0 Å². The van der Waals surface area contributed by atoms with Crippen LogP contribution in [0.2, 0.25) is 0 Å². The molecule has 0 saturated carbocycles. The Balaban J connectivity index is 0. The van der Waals surface area contributed by atoms with Crippen molar-refractivity contribution in [2.45, 2.75) is 0 Å². The molecule has 0 aromatic rings. The van der Waals surface area contributed by atoms with Gasteiger partial charge in [0.15, 0.2) is 0 Å². The third-order valence-corrected chi connectivity index (χ3v) is 0.1000. The molecule has 2 nitrogen and oxygen atoms in total. The maximum atomic E-state index is 7.62. The van der Waals surface area contributed by atoms with Crippen LogP contribution in [0, 0.1) is 0 Å². The van der Waals surface area contributed by atoms with Crippen molar-refractivity contribution >= 4 is 0 Å². The molecule has 0 saturated heterocycles. The minimum atomic E-state index is -0.125. The van der Waals surface area contributed by atoms with Crippen LogP contribution in [-0.4, -0.2) is 23.4 Å². The van der Waals surface area contributed by atoms with Gasteiger partial charge in [-0.15, -0.1) is 0 Å². The van der Waals surface area contributed by atoms with Gasteiger partial charge in [0.25, 0.3) is 0 Å². The molecule has 0 rings (SSSR count). The van der Waals surface area contributed by atoms with Crippen molar-refractivity contribution in [3.63, 3.8) is 0 Å². The van der Waals surface area contributed by atoms with E-state index in [1.165, 1.54) is 0 Å². The summed E-state index contributed by atoms with van der Waals surface area (Å²) in [6.45, 7) is -0.250. The average Bonchev–Trinajstić information content (AvgIpc) is 1.37. The molecule has 0 aliphatic carbocycles. The van der Waals surface area contributed by atoms with E-state index in [2.05, 4.69) is 0 Å². The molecule has 34 valence electrons. The second kappa shape index (κ2) is 8.83. The van der Waals surface area contributed by atoms with Gasteiger partial charge in [-0.2, -0.15) is 0 Å². The maximum Gasteiger partial charge on any atom is 2.00 e. The van der Waals surface area contributed by atoms with E-state index in [9.17, 15) is 0 Å². The topological polar surface area (TPSA) is 40.5 Å². The summed E-state index contributed by atoms with van der Waals surface area (Å²) in [7, 11) is 0. The fraction of sp³-hybridized carbons (Fsp3) is 1.00. The number of aliphatic hydroxyl groups is 2. The second-order valence-corrected chi connectivity index (χ2v) is 0.447. The molecular weight excluding hydrogens is 115 g/mol. The van der Waals surface area contributed by atoms with Crippen molar-refractivity contribution in [1.29, 1.82) is 0 Å². The molecule has 0 bridgehead atoms. The van der Waals surface area contributed by atoms with Crippen molar-refractivity contribution in [2.75, 3.05) is 13.2 Å². The number of hydrogen-bond acceptors (Lipinski definition) is 2. The third kappa shape index (κ3) is 12.9. The van der Waals surface area contributed by atoms with E-state index < -0.39 is 0 Å². The normalized spacial score (nSPS) is 6.00. The molecule has 0 radical (unpaired) electrons. The van der Waals surface area contributed by atoms with Crippen molar-refractivity contribution < 1.29 is 26.7 Å². The van der Waals surface area contributed by atoms with Gasteiger partial charge in [0, 0.05) is 0 Å². The monoisotopic (exact) mass is 120 g/mol. The van der Waals surface area contributed by atoms with Crippen LogP contribution in [0.5, 0.6) is 0 Å². The fourth-order valence-electron chi connectivity index (χ4n) is 0. The van der Waals surface area contributed by atoms with Crippen LogP contribution in [0.25, 0.3) is 0 Å². The second-order valence-electron chi connectivity index (χ2n) is 0.447. The standard InChI is InChI=1S/C2H6O2.Ni/c3-1-2-4;/h3-4H,1-2H2;/q;+2. The summed E-state index contributed by atoms with van der Waals surface area (Å²) < 4.78 is 0. The van der Waals surface area contributed by atoms with Crippen molar-refractivity contribution in [3.8, 4) is 0 Å².